The Hall–Kier alpha value is -2.08. The smallest absolute Gasteiger partial charge is 0.323 e. The zero-order chi connectivity index (χ0) is 15.1. The summed E-state index contributed by atoms with van der Waals surface area (Å²) in [6.45, 7) is 4.14. The number of amides is 1. The van der Waals surface area contributed by atoms with E-state index in [1.165, 1.54) is 0 Å². The van der Waals surface area contributed by atoms with Gasteiger partial charge in [-0.05, 0) is 31.5 Å². The number of primary amides is 1. The lowest BCUT2D eigenvalue weighted by Crippen LogP contribution is -2.44. The van der Waals surface area contributed by atoms with Gasteiger partial charge in [0.1, 0.15) is 6.04 Å². The number of carbonyl (C=O) groups excluding carboxylic acids is 2. The molecule has 6 heteroatoms. The van der Waals surface area contributed by atoms with Crippen LogP contribution in [0.25, 0.3) is 0 Å². The lowest BCUT2D eigenvalue weighted by molar-refractivity contribution is -0.149. The van der Waals surface area contributed by atoms with Gasteiger partial charge in [0, 0.05) is 12.2 Å². The fourth-order valence-electron chi connectivity index (χ4n) is 1.80. The summed E-state index contributed by atoms with van der Waals surface area (Å²) in [6, 6.07) is 6.70. The maximum Gasteiger partial charge on any atom is 0.323 e. The lowest BCUT2D eigenvalue weighted by Gasteiger charge is -2.26. The van der Waals surface area contributed by atoms with Gasteiger partial charge >= 0.3 is 5.97 Å². The van der Waals surface area contributed by atoms with Crippen molar-refractivity contribution in [3.8, 4) is 0 Å². The number of anilines is 1. The highest BCUT2D eigenvalue weighted by Crippen LogP contribution is 2.11. The van der Waals surface area contributed by atoms with E-state index in [0.717, 1.165) is 5.56 Å². The van der Waals surface area contributed by atoms with Crippen molar-refractivity contribution in [1.29, 1.82) is 0 Å². The molecule has 0 aliphatic carbocycles. The number of nitrogen functional groups attached to an aromatic ring is 1. The van der Waals surface area contributed by atoms with Gasteiger partial charge in [0.05, 0.1) is 13.2 Å². The van der Waals surface area contributed by atoms with Crippen molar-refractivity contribution in [2.75, 3.05) is 18.9 Å². The molecule has 0 heterocycles. The number of rotatable bonds is 7. The maximum atomic E-state index is 11.8. The van der Waals surface area contributed by atoms with Crippen LogP contribution in [-0.4, -0.2) is 36.0 Å². The van der Waals surface area contributed by atoms with E-state index in [0.29, 0.717) is 18.8 Å². The van der Waals surface area contributed by atoms with Crippen LogP contribution in [0.15, 0.2) is 24.3 Å². The van der Waals surface area contributed by atoms with E-state index >= 15 is 0 Å². The van der Waals surface area contributed by atoms with Gasteiger partial charge in [-0.1, -0.05) is 12.1 Å². The number of hydrogen-bond acceptors (Lipinski definition) is 5. The molecule has 1 amide bonds. The molecule has 20 heavy (non-hydrogen) atoms. The Bertz CT molecular complexity index is 459. The van der Waals surface area contributed by atoms with Crippen molar-refractivity contribution in [1.82, 2.24) is 4.90 Å². The quantitative estimate of drug-likeness (QED) is 0.559. The van der Waals surface area contributed by atoms with Crippen LogP contribution >= 0.6 is 0 Å². The molecule has 1 unspecified atom stereocenters. The van der Waals surface area contributed by atoms with Gasteiger partial charge in [-0.2, -0.15) is 0 Å². The second-order valence-corrected chi connectivity index (χ2v) is 4.54. The number of esters is 1. The number of nitrogens with two attached hydrogens (primary N) is 2. The molecule has 4 N–H and O–H groups in total. The topological polar surface area (TPSA) is 98.6 Å². The standard InChI is InChI=1S/C14H21N3O3/c1-3-20-14(19)10(2)17(9-13(16)18)8-11-4-6-12(15)7-5-11/h4-7,10H,3,8-9,15H2,1-2H3,(H2,16,18). The van der Waals surface area contributed by atoms with Gasteiger partial charge in [0.15, 0.2) is 0 Å². The first-order chi connectivity index (χ1) is 9.43. The third kappa shape index (κ3) is 4.89. The van der Waals surface area contributed by atoms with E-state index < -0.39 is 11.9 Å². The highest BCUT2D eigenvalue weighted by molar-refractivity contribution is 5.79. The van der Waals surface area contributed by atoms with Gasteiger partial charge in [0.25, 0.3) is 0 Å². The van der Waals surface area contributed by atoms with E-state index in [4.69, 9.17) is 16.2 Å². The second kappa shape index (κ2) is 7.49. The molecule has 110 valence electrons. The molecule has 0 aliphatic rings. The van der Waals surface area contributed by atoms with Crippen molar-refractivity contribution in [2.24, 2.45) is 5.73 Å². The normalized spacial score (nSPS) is 12.2. The third-order valence-corrected chi connectivity index (χ3v) is 2.90. The van der Waals surface area contributed by atoms with Crippen LogP contribution in [0.1, 0.15) is 19.4 Å². The Balaban J connectivity index is 2.80. The minimum absolute atomic E-state index is 0.00957. The minimum atomic E-state index is -0.542. The molecule has 0 saturated carbocycles. The predicted octanol–water partition coefficient (Wildman–Crippen LogP) is 0.508. The predicted molar refractivity (Wildman–Crippen MR) is 76.6 cm³/mol. The highest BCUT2D eigenvalue weighted by atomic mass is 16.5. The molecule has 0 aromatic heterocycles. The average Bonchev–Trinajstić information content (AvgIpc) is 2.39. The molecule has 6 nitrogen and oxygen atoms in total. The van der Waals surface area contributed by atoms with E-state index in [1.807, 2.05) is 12.1 Å². The largest absolute Gasteiger partial charge is 0.465 e. The number of nitrogens with zero attached hydrogens (tertiary/aromatic N) is 1. The molecule has 1 atom stereocenters. The lowest BCUT2D eigenvalue weighted by atomic mass is 10.1. The van der Waals surface area contributed by atoms with Gasteiger partial charge in [-0.3, -0.25) is 14.5 Å². The summed E-state index contributed by atoms with van der Waals surface area (Å²) in [6.07, 6.45) is 0. The van der Waals surface area contributed by atoms with Crippen LogP contribution in [0.4, 0.5) is 5.69 Å². The first kappa shape index (κ1) is 16.0. The summed E-state index contributed by atoms with van der Waals surface area (Å²) in [5.41, 5.74) is 12.5. The Kier molecular flexibility index (Phi) is 5.99. The minimum Gasteiger partial charge on any atom is -0.465 e. The van der Waals surface area contributed by atoms with E-state index in [1.54, 1.807) is 30.9 Å². The van der Waals surface area contributed by atoms with E-state index in [9.17, 15) is 9.59 Å². The van der Waals surface area contributed by atoms with E-state index in [-0.39, 0.29) is 12.5 Å². The first-order valence-corrected chi connectivity index (χ1v) is 6.47. The summed E-state index contributed by atoms with van der Waals surface area (Å²) in [4.78, 5) is 24.6. The maximum absolute atomic E-state index is 11.8. The molecule has 0 fully saturated rings. The zero-order valence-corrected chi connectivity index (χ0v) is 11.8. The Morgan fingerprint density at radius 1 is 1.30 bits per heavy atom. The van der Waals surface area contributed by atoms with Crippen LogP contribution < -0.4 is 11.5 Å². The molecule has 0 aliphatic heterocycles. The van der Waals surface area contributed by atoms with Gasteiger partial charge in [-0.25, -0.2) is 0 Å². The second-order valence-electron chi connectivity index (χ2n) is 4.54. The Morgan fingerprint density at radius 2 is 1.90 bits per heavy atom. The summed E-state index contributed by atoms with van der Waals surface area (Å²) in [5, 5.41) is 0. The number of hydrogen-bond donors (Lipinski definition) is 2. The van der Waals surface area contributed by atoms with Crippen LogP contribution in [0, 0.1) is 0 Å². The average molecular weight is 279 g/mol. The van der Waals surface area contributed by atoms with Gasteiger partial charge in [0.2, 0.25) is 5.91 Å². The van der Waals surface area contributed by atoms with E-state index in [2.05, 4.69) is 0 Å². The van der Waals surface area contributed by atoms with Crippen molar-refractivity contribution in [3.63, 3.8) is 0 Å². The SMILES string of the molecule is CCOC(=O)C(C)N(CC(N)=O)Cc1ccc(N)cc1. The molecule has 0 saturated heterocycles. The third-order valence-electron chi connectivity index (χ3n) is 2.90. The summed E-state index contributed by atoms with van der Waals surface area (Å²) >= 11 is 0. The molecule has 1 aromatic rings. The fraction of sp³-hybridized carbons (Fsp3) is 0.429. The van der Waals surface area contributed by atoms with Crippen LogP contribution in [0.5, 0.6) is 0 Å². The van der Waals surface area contributed by atoms with Crippen LogP contribution in [0.3, 0.4) is 0 Å². The first-order valence-electron chi connectivity index (χ1n) is 6.47. The zero-order valence-electron chi connectivity index (χ0n) is 11.8. The van der Waals surface area contributed by atoms with Crippen molar-refractivity contribution >= 4 is 17.6 Å². The van der Waals surface area contributed by atoms with Crippen molar-refractivity contribution in [3.05, 3.63) is 29.8 Å². The molecule has 1 aromatic carbocycles. The van der Waals surface area contributed by atoms with Crippen LogP contribution in [0.2, 0.25) is 0 Å². The molecular formula is C14H21N3O3. The number of carbonyl (C=O) groups is 2. The molecule has 0 radical (unpaired) electrons. The summed E-state index contributed by atoms with van der Waals surface area (Å²) in [7, 11) is 0. The summed E-state index contributed by atoms with van der Waals surface area (Å²) < 4.78 is 4.97. The Labute approximate surface area is 118 Å². The fourth-order valence-corrected chi connectivity index (χ4v) is 1.80. The highest BCUT2D eigenvalue weighted by Gasteiger charge is 2.23. The molecule has 1 rings (SSSR count). The van der Waals surface area contributed by atoms with Crippen molar-refractivity contribution < 1.29 is 14.3 Å². The molecular weight excluding hydrogens is 258 g/mol. The van der Waals surface area contributed by atoms with Crippen molar-refractivity contribution in [2.45, 2.75) is 26.4 Å². The van der Waals surface area contributed by atoms with Crippen LogP contribution in [-0.2, 0) is 20.9 Å². The van der Waals surface area contributed by atoms with Gasteiger partial charge in [-0.15, -0.1) is 0 Å². The number of benzene rings is 1. The molecule has 0 spiro atoms. The summed E-state index contributed by atoms with van der Waals surface area (Å²) in [5.74, 6) is -0.860. The Morgan fingerprint density at radius 3 is 2.40 bits per heavy atom. The molecule has 0 bridgehead atoms. The van der Waals surface area contributed by atoms with Gasteiger partial charge < -0.3 is 16.2 Å². The monoisotopic (exact) mass is 279 g/mol. The number of ether oxygens (including phenoxy) is 1.